The third-order valence-corrected chi connectivity index (χ3v) is 5.76. The first-order valence-electron chi connectivity index (χ1n) is 5.20. The van der Waals surface area contributed by atoms with Crippen molar-refractivity contribution < 1.29 is 17.0 Å². The Balaban J connectivity index is 0.00000196. The van der Waals surface area contributed by atoms with Crippen LogP contribution in [0.15, 0.2) is 30.3 Å². The molecule has 86 valence electrons. The van der Waals surface area contributed by atoms with Gasteiger partial charge in [0.25, 0.3) is 0 Å². The van der Waals surface area contributed by atoms with Gasteiger partial charge in [-0.2, -0.15) is 0 Å². The highest BCUT2D eigenvalue weighted by Gasteiger charge is 2.33. The average molecular weight is 289 g/mol. The van der Waals surface area contributed by atoms with E-state index in [9.17, 15) is 0 Å². The summed E-state index contributed by atoms with van der Waals surface area (Å²) in [6.07, 6.45) is 1.32. The molecule has 1 rings (SSSR count). The number of hydrogen-bond acceptors (Lipinski definition) is 0. The highest BCUT2D eigenvalue weighted by atomic mass is 79.9. The maximum Gasteiger partial charge on any atom is 0.0933 e. The Morgan fingerprint density at radius 1 is 1.00 bits per heavy atom. The molecule has 0 aliphatic carbocycles. The van der Waals surface area contributed by atoms with E-state index in [2.05, 4.69) is 64.4 Å². The van der Waals surface area contributed by atoms with E-state index in [-0.39, 0.29) is 17.0 Å². The summed E-state index contributed by atoms with van der Waals surface area (Å²) in [6, 6.07) is 11.0. The van der Waals surface area contributed by atoms with Crippen molar-refractivity contribution in [1.82, 2.24) is 0 Å². The zero-order chi connectivity index (χ0) is 10.8. The molecule has 0 aromatic heterocycles. The number of halogens is 1. The van der Waals surface area contributed by atoms with Crippen molar-refractivity contribution in [3.05, 3.63) is 30.3 Å². The molecule has 0 nitrogen and oxygen atoms in total. The molecule has 0 radical (unpaired) electrons. The molecule has 1 aromatic rings. The molecule has 0 heterocycles. The summed E-state index contributed by atoms with van der Waals surface area (Å²) in [7, 11) is -0.916. The van der Waals surface area contributed by atoms with Crippen LogP contribution in [-0.2, 0) is 0 Å². The Hall–Kier alpha value is 0.130. The van der Waals surface area contributed by atoms with Crippen LogP contribution in [-0.4, -0.2) is 19.5 Å². The molecular formula is C13H22BrP. The standard InChI is InChI=1S/C13H22P.BrH/c1-13(2,3)11-14(4,5)12-9-7-6-8-10-12;/h6-10H,11H2,1-5H3;1H/q+1;/p-1. The molecule has 0 atom stereocenters. The molecule has 0 amide bonds. The van der Waals surface area contributed by atoms with Gasteiger partial charge in [0, 0.05) is 7.26 Å². The van der Waals surface area contributed by atoms with Gasteiger partial charge in [-0.3, -0.25) is 0 Å². The van der Waals surface area contributed by atoms with Crippen LogP contribution in [0.3, 0.4) is 0 Å². The Morgan fingerprint density at radius 3 is 1.87 bits per heavy atom. The second-order valence-electron chi connectivity index (χ2n) is 5.74. The minimum absolute atomic E-state index is 0. The van der Waals surface area contributed by atoms with Crippen molar-refractivity contribution in [2.75, 3.05) is 19.5 Å². The van der Waals surface area contributed by atoms with Crippen LogP contribution >= 0.6 is 7.26 Å². The SMILES string of the molecule is CC(C)(C)C[P+](C)(C)c1ccccc1.[Br-]. The van der Waals surface area contributed by atoms with Gasteiger partial charge in [0.2, 0.25) is 0 Å². The van der Waals surface area contributed by atoms with Crippen LogP contribution in [0.4, 0.5) is 0 Å². The maximum atomic E-state index is 2.44. The highest BCUT2D eigenvalue weighted by Crippen LogP contribution is 2.53. The summed E-state index contributed by atoms with van der Waals surface area (Å²) in [6.45, 7) is 11.9. The van der Waals surface area contributed by atoms with Gasteiger partial charge in [-0.25, -0.2) is 0 Å². The lowest BCUT2D eigenvalue weighted by atomic mass is 10.0. The van der Waals surface area contributed by atoms with Crippen LogP contribution < -0.4 is 22.3 Å². The van der Waals surface area contributed by atoms with E-state index in [1.54, 1.807) is 5.30 Å². The Labute approximate surface area is 106 Å². The summed E-state index contributed by atoms with van der Waals surface area (Å²) in [4.78, 5) is 0. The van der Waals surface area contributed by atoms with E-state index in [0.717, 1.165) is 0 Å². The molecule has 0 saturated carbocycles. The Kier molecular flexibility index (Phi) is 5.50. The Morgan fingerprint density at radius 2 is 1.47 bits per heavy atom. The van der Waals surface area contributed by atoms with Crippen LogP contribution in [0.25, 0.3) is 0 Å². The molecule has 0 fully saturated rings. The number of rotatable bonds is 2. The van der Waals surface area contributed by atoms with E-state index in [0.29, 0.717) is 5.41 Å². The van der Waals surface area contributed by atoms with Gasteiger partial charge in [-0.05, 0) is 17.5 Å². The summed E-state index contributed by atoms with van der Waals surface area (Å²) in [5.41, 5.74) is 0.438. The predicted octanol–water partition coefficient (Wildman–Crippen LogP) is 0.639. The molecule has 0 aliphatic rings. The van der Waals surface area contributed by atoms with E-state index >= 15 is 0 Å². The van der Waals surface area contributed by atoms with Crippen LogP contribution in [0.2, 0.25) is 0 Å². The molecule has 0 saturated heterocycles. The van der Waals surface area contributed by atoms with E-state index in [1.807, 2.05) is 0 Å². The van der Waals surface area contributed by atoms with Gasteiger partial charge in [-0.15, -0.1) is 0 Å². The number of benzene rings is 1. The highest BCUT2D eigenvalue weighted by molar-refractivity contribution is 7.81. The van der Waals surface area contributed by atoms with E-state index in [1.165, 1.54) is 6.16 Å². The van der Waals surface area contributed by atoms with Gasteiger partial charge in [0.1, 0.15) is 0 Å². The fourth-order valence-electron chi connectivity index (χ4n) is 2.11. The smallest absolute Gasteiger partial charge is 0.0933 e. The van der Waals surface area contributed by atoms with Crippen LogP contribution in [0, 0.1) is 5.41 Å². The van der Waals surface area contributed by atoms with Gasteiger partial charge in [0.15, 0.2) is 0 Å². The Bertz CT molecular complexity index is 285. The van der Waals surface area contributed by atoms with Crippen molar-refractivity contribution in [2.45, 2.75) is 20.8 Å². The van der Waals surface area contributed by atoms with Gasteiger partial charge in [0.05, 0.1) is 24.8 Å². The second-order valence-corrected chi connectivity index (χ2v) is 9.94. The molecule has 0 spiro atoms. The largest absolute Gasteiger partial charge is 1.00 e. The summed E-state index contributed by atoms with van der Waals surface area (Å²) >= 11 is 0. The van der Waals surface area contributed by atoms with Gasteiger partial charge < -0.3 is 17.0 Å². The fourth-order valence-corrected chi connectivity index (χ4v) is 5.64. The van der Waals surface area contributed by atoms with Gasteiger partial charge >= 0.3 is 0 Å². The second kappa shape index (κ2) is 5.46. The maximum absolute atomic E-state index is 2.44. The lowest BCUT2D eigenvalue weighted by Gasteiger charge is -2.26. The van der Waals surface area contributed by atoms with E-state index in [4.69, 9.17) is 0 Å². The van der Waals surface area contributed by atoms with Crippen molar-refractivity contribution in [1.29, 1.82) is 0 Å². The minimum Gasteiger partial charge on any atom is -1.00 e. The normalized spacial score (nSPS) is 12.1. The fraction of sp³-hybridized carbons (Fsp3) is 0.538. The molecule has 15 heavy (non-hydrogen) atoms. The first-order valence-corrected chi connectivity index (χ1v) is 8.07. The third kappa shape index (κ3) is 5.13. The van der Waals surface area contributed by atoms with Crippen LogP contribution in [0.1, 0.15) is 20.8 Å². The number of hydrogen-bond donors (Lipinski definition) is 0. The van der Waals surface area contributed by atoms with Crippen LogP contribution in [0.5, 0.6) is 0 Å². The van der Waals surface area contributed by atoms with Crippen molar-refractivity contribution in [3.8, 4) is 0 Å². The van der Waals surface area contributed by atoms with E-state index < -0.39 is 7.26 Å². The topological polar surface area (TPSA) is 0 Å². The molecular weight excluding hydrogens is 267 g/mol. The summed E-state index contributed by atoms with van der Waals surface area (Å²) in [5, 5.41) is 1.55. The summed E-state index contributed by atoms with van der Waals surface area (Å²) in [5.74, 6) is 0. The molecule has 0 aliphatic heterocycles. The molecule has 0 unspecified atom stereocenters. The average Bonchev–Trinajstić information content (AvgIpc) is 2.01. The lowest BCUT2D eigenvalue weighted by molar-refractivity contribution is -0.00000386. The molecule has 1 aromatic carbocycles. The quantitative estimate of drug-likeness (QED) is 0.701. The molecule has 2 heteroatoms. The monoisotopic (exact) mass is 288 g/mol. The summed E-state index contributed by atoms with van der Waals surface area (Å²) < 4.78 is 0. The van der Waals surface area contributed by atoms with Crippen molar-refractivity contribution in [2.24, 2.45) is 5.41 Å². The first kappa shape index (κ1) is 15.1. The lowest BCUT2D eigenvalue weighted by Crippen LogP contribution is -3.00. The van der Waals surface area contributed by atoms with Gasteiger partial charge in [-0.1, -0.05) is 39.0 Å². The third-order valence-electron chi connectivity index (χ3n) is 2.32. The zero-order valence-corrected chi connectivity index (χ0v) is 12.9. The first-order chi connectivity index (χ1) is 6.31. The molecule has 0 N–H and O–H groups in total. The predicted molar refractivity (Wildman–Crippen MR) is 69.2 cm³/mol. The zero-order valence-electron chi connectivity index (χ0n) is 10.4. The van der Waals surface area contributed by atoms with Crippen molar-refractivity contribution >= 4 is 12.6 Å². The minimum atomic E-state index is -0.916. The molecule has 0 bridgehead atoms. The van der Waals surface area contributed by atoms with Crippen molar-refractivity contribution in [3.63, 3.8) is 0 Å².